The van der Waals surface area contributed by atoms with Crippen LogP contribution < -0.4 is 9.64 Å². The summed E-state index contributed by atoms with van der Waals surface area (Å²) in [6.07, 6.45) is 0.0403. The molecule has 0 saturated carbocycles. The second-order valence-corrected chi connectivity index (χ2v) is 4.77. The van der Waals surface area contributed by atoms with E-state index in [1.807, 2.05) is 0 Å². The first kappa shape index (κ1) is 15.7. The molecule has 0 spiro atoms. The minimum Gasteiger partial charge on any atom is -0.490 e. The number of amides is 1. The van der Waals surface area contributed by atoms with Gasteiger partial charge in [-0.25, -0.2) is 0 Å². The quantitative estimate of drug-likeness (QED) is 0.464. The number of anilines is 1. The average Bonchev–Trinajstić information content (AvgIpc) is 2.89. The Hall–Kier alpha value is -2.64. The smallest absolute Gasteiger partial charge is 0.312 e. The number of esters is 1. The molecule has 0 unspecified atom stereocenters. The van der Waals surface area contributed by atoms with Crippen LogP contribution in [0.3, 0.4) is 0 Å². The minimum absolute atomic E-state index is 0.0403. The number of rotatable bonds is 5. The van der Waals surface area contributed by atoms with Gasteiger partial charge in [-0.2, -0.15) is 0 Å². The second-order valence-electron chi connectivity index (χ2n) is 4.77. The third-order valence-corrected chi connectivity index (χ3v) is 3.42. The summed E-state index contributed by atoms with van der Waals surface area (Å²) in [5.74, 6) is -1.13. The van der Waals surface area contributed by atoms with Crippen molar-refractivity contribution in [1.29, 1.82) is 0 Å². The Labute approximate surface area is 126 Å². The Morgan fingerprint density at radius 3 is 2.82 bits per heavy atom. The lowest BCUT2D eigenvalue weighted by Crippen LogP contribution is -2.26. The van der Waals surface area contributed by atoms with Crippen LogP contribution in [0.15, 0.2) is 18.2 Å². The number of hydrogen-bond donors (Lipinski definition) is 0. The number of methoxy groups -OCH3 is 1. The normalized spacial score (nSPS) is 17.5. The predicted molar refractivity (Wildman–Crippen MR) is 76.7 cm³/mol. The van der Waals surface area contributed by atoms with E-state index >= 15 is 0 Å². The largest absolute Gasteiger partial charge is 0.490 e. The van der Waals surface area contributed by atoms with Gasteiger partial charge in [0.15, 0.2) is 5.75 Å². The molecule has 118 valence electrons. The molecule has 0 N–H and O–H groups in total. The summed E-state index contributed by atoms with van der Waals surface area (Å²) >= 11 is 0. The van der Waals surface area contributed by atoms with Crippen LogP contribution in [0.2, 0.25) is 0 Å². The standard InChI is InChI=1S/C14H16N2O6/c1-3-22-14(18)9-6-13(17)15(8-9)10-4-5-12(21-2)11(7-10)16(19)20/h4-5,7,9H,3,6,8H2,1-2H3/t9-/m1/s1. The Kier molecular flexibility index (Phi) is 4.59. The molecule has 0 aromatic heterocycles. The molecule has 0 bridgehead atoms. The highest BCUT2D eigenvalue weighted by molar-refractivity contribution is 5.99. The fraction of sp³-hybridized carbons (Fsp3) is 0.429. The monoisotopic (exact) mass is 308 g/mol. The van der Waals surface area contributed by atoms with E-state index in [0.717, 1.165) is 0 Å². The zero-order valence-corrected chi connectivity index (χ0v) is 12.3. The minimum atomic E-state index is -0.578. The molecule has 8 heteroatoms. The first-order chi connectivity index (χ1) is 10.5. The van der Waals surface area contributed by atoms with Crippen LogP contribution in [0.25, 0.3) is 0 Å². The molecule has 1 aromatic carbocycles. The Balaban J connectivity index is 2.25. The van der Waals surface area contributed by atoms with Gasteiger partial charge in [0.1, 0.15) is 0 Å². The third kappa shape index (κ3) is 3.00. The molecule has 1 fully saturated rings. The molecule has 1 aliphatic heterocycles. The van der Waals surface area contributed by atoms with E-state index < -0.39 is 16.8 Å². The van der Waals surface area contributed by atoms with Gasteiger partial charge in [-0.05, 0) is 19.1 Å². The molecule has 22 heavy (non-hydrogen) atoms. The van der Waals surface area contributed by atoms with Gasteiger partial charge in [-0.15, -0.1) is 0 Å². The van der Waals surface area contributed by atoms with E-state index in [-0.39, 0.29) is 36.9 Å². The third-order valence-electron chi connectivity index (χ3n) is 3.42. The molecule has 1 aromatic rings. The zero-order chi connectivity index (χ0) is 16.3. The summed E-state index contributed by atoms with van der Waals surface area (Å²) < 4.78 is 9.83. The van der Waals surface area contributed by atoms with Gasteiger partial charge in [0, 0.05) is 19.0 Å². The van der Waals surface area contributed by atoms with Crippen molar-refractivity contribution in [2.75, 3.05) is 25.2 Å². The van der Waals surface area contributed by atoms with E-state index in [4.69, 9.17) is 9.47 Å². The molecule has 2 rings (SSSR count). The van der Waals surface area contributed by atoms with Crippen LogP contribution in [0, 0.1) is 16.0 Å². The Morgan fingerprint density at radius 1 is 1.50 bits per heavy atom. The molecule has 1 atom stereocenters. The molecule has 1 saturated heterocycles. The van der Waals surface area contributed by atoms with Crippen LogP contribution >= 0.6 is 0 Å². The van der Waals surface area contributed by atoms with Gasteiger partial charge in [-0.1, -0.05) is 0 Å². The van der Waals surface area contributed by atoms with Gasteiger partial charge < -0.3 is 14.4 Å². The van der Waals surface area contributed by atoms with Crippen LogP contribution in [0.4, 0.5) is 11.4 Å². The fourth-order valence-electron chi connectivity index (χ4n) is 2.36. The lowest BCUT2D eigenvalue weighted by atomic mass is 10.1. The van der Waals surface area contributed by atoms with E-state index in [0.29, 0.717) is 5.69 Å². The van der Waals surface area contributed by atoms with Crippen LogP contribution in [-0.4, -0.2) is 37.1 Å². The number of hydrogen-bond acceptors (Lipinski definition) is 6. The van der Waals surface area contributed by atoms with Gasteiger partial charge in [0.25, 0.3) is 0 Å². The Morgan fingerprint density at radius 2 is 2.23 bits per heavy atom. The molecule has 0 radical (unpaired) electrons. The maximum atomic E-state index is 12.0. The lowest BCUT2D eigenvalue weighted by molar-refractivity contribution is -0.385. The first-order valence-electron chi connectivity index (χ1n) is 6.77. The number of nitrogens with zero attached hydrogens (tertiary/aromatic N) is 2. The van der Waals surface area contributed by atoms with Crippen molar-refractivity contribution < 1.29 is 24.0 Å². The maximum absolute atomic E-state index is 12.0. The van der Waals surface area contributed by atoms with E-state index in [1.165, 1.54) is 24.1 Å². The molecular formula is C14H16N2O6. The number of carbonyl (C=O) groups excluding carboxylic acids is 2. The van der Waals surface area contributed by atoms with Crippen molar-refractivity contribution in [3.8, 4) is 5.75 Å². The van der Waals surface area contributed by atoms with Crippen molar-refractivity contribution in [2.24, 2.45) is 5.92 Å². The Bertz CT molecular complexity index is 615. The van der Waals surface area contributed by atoms with Gasteiger partial charge in [0.2, 0.25) is 5.91 Å². The topological polar surface area (TPSA) is 99.0 Å². The summed E-state index contributed by atoms with van der Waals surface area (Å²) in [4.78, 5) is 35.6. The highest BCUT2D eigenvalue weighted by atomic mass is 16.6. The summed E-state index contributed by atoms with van der Waals surface area (Å²) in [5, 5.41) is 11.0. The summed E-state index contributed by atoms with van der Waals surface area (Å²) in [7, 11) is 1.33. The van der Waals surface area contributed by atoms with Crippen molar-refractivity contribution in [2.45, 2.75) is 13.3 Å². The highest BCUT2D eigenvalue weighted by Crippen LogP contribution is 2.34. The lowest BCUT2D eigenvalue weighted by Gasteiger charge is -2.16. The number of benzene rings is 1. The molecule has 0 aliphatic carbocycles. The van der Waals surface area contributed by atoms with Gasteiger partial charge >= 0.3 is 11.7 Å². The summed E-state index contributed by atoms with van der Waals surface area (Å²) in [6.45, 7) is 2.10. The van der Waals surface area contributed by atoms with Crippen LogP contribution in [0.5, 0.6) is 5.75 Å². The van der Waals surface area contributed by atoms with Crippen molar-refractivity contribution in [3.05, 3.63) is 28.3 Å². The summed E-state index contributed by atoms with van der Waals surface area (Å²) in [5.41, 5.74) is 0.136. The number of ether oxygens (including phenoxy) is 2. The fourth-order valence-corrected chi connectivity index (χ4v) is 2.36. The molecule has 1 heterocycles. The number of nitro groups is 1. The van der Waals surface area contributed by atoms with Crippen molar-refractivity contribution in [1.82, 2.24) is 0 Å². The molecule has 1 aliphatic rings. The SMILES string of the molecule is CCOC(=O)[C@@H]1CC(=O)N(c2ccc(OC)c([N+](=O)[O-])c2)C1. The summed E-state index contributed by atoms with van der Waals surface area (Å²) in [6, 6.07) is 4.25. The van der Waals surface area contributed by atoms with Crippen LogP contribution in [0.1, 0.15) is 13.3 Å². The predicted octanol–water partition coefficient (Wildman–Crippen LogP) is 1.52. The van der Waals surface area contributed by atoms with Crippen LogP contribution in [-0.2, 0) is 14.3 Å². The highest BCUT2D eigenvalue weighted by Gasteiger charge is 2.36. The molecule has 1 amide bonds. The average molecular weight is 308 g/mol. The number of nitro benzene ring substituents is 1. The molecular weight excluding hydrogens is 292 g/mol. The van der Waals surface area contributed by atoms with E-state index in [1.54, 1.807) is 13.0 Å². The maximum Gasteiger partial charge on any atom is 0.312 e. The van der Waals surface area contributed by atoms with Crippen molar-refractivity contribution >= 4 is 23.3 Å². The van der Waals surface area contributed by atoms with E-state index in [2.05, 4.69) is 0 Å². The zero-order valence-electron chi connectivity index (χ0n) is 12.3. The van der Waals surface area contributed by atoms with Crippen molar-refractivity contribution in [3.63, 3.8) is 0 Å². The second kappa shape index (κ2) is 6.42. The van der Waals surface area contributed by atoms with Gasteiger partial charge in [-0.3, -0.25) is 19.7 Å². The number of carbonyl (C=O) groups is 2. The van der Waals surface area contributed by atoms with E-state index in [9.17, 15) is 19.7 Å². The van der Waals surface area contributed by atoms with Gasteiger partial charge in [0.05, 0.1) is 30.2 Å². The molecule has 8 nitrogen and oxygen atoms in total. The first-order valence-corrected chi connectivity index (χ1v) is 6.77.